The van der Waals surface area contributed by atoms with Crippen molar-refractivity contribution in [2.75, 3.05) is 12.4 Å². The fourth-order valence-corrected chi connectivity index (χ4v) is 2.74. The summed E-state index contributed by atoms with van der Waals surface area (Å²) in [6.45, 7) is 3.95. The summed E-state index contributed by atoms with van der Waals surface area (Å²) in [5, 5.41) is 17.1. The zero-order valence-corrected chi connectivity index (χ0v) is 15.0. The third kappa shape index (κ3) is 4.05. The molecule has 0 saturated heterocycles. The molecule has 0 unspecified atom stereocenters. The number of benzene rings is 2. The number of ether oxygens (including phenoxy) is 1. The summed E-state index contributed by atoms with van der Waals surface area (Å²) < 4.78 is 5.26. The van der Waals surface area contributed by atoms with Gasteiger partial charge in [-0.15, -0.1) is 10.2 Å². The molecule has 0 spiro atoms. The second-order valence-electron chi connectivity index (χ2n) is 6.19. The van der Waals surface area contributed by atoms with E-state index in [0.717, 1.165) is 28.1 Å². The van der Waals surface area contributed by atoms with Crippen LogP contribution in [0.1, 0.15) is 28.4 Å². The first-order valence-electron chi connectivity index (χ1n) is 8.31. The van der Waals surface area contributed by atoms with Gasteiger partial charge in [-0.25, -0.2) is 0 Å². The Morgan fingerprint density at radius 1 is 1.23 bits per heavy atom. The molecule has 0 fully saturated rings. The van der Waals surface area contributed by atoms with Crippen LogP contribution in [-0.2, 0) is 11.2 Å². The van der Waals surface area contributed by atoms with Crippen molar-refractivity contribution in [2.45, 2.75) is 26.2 Å². The fraction of sp³-hybridized carbons (Fsp3) is 0.263. The van der Waals surface area contributed by atoms with Crippen molar-refractivity contribution in [3.8, 4) is 5.75 Å². The number of nitrogens with one attached hydrogen (secondary N) is 2. The number of rotatable bonds is 6. The zero-order valence-electron chi connectivity index (χ0n) is 15.0. The highest BCUT2D eigenvalue weighted by molar-refractivity contribution is 5.96. The van der Waals surface area contributed by atoms with Crippen molar-refractivity contribution in [3.05, 3.63) is 65.0 Å². The number of aromatic nitrogens is 4. The summed E-state index contributed by atoms with van der Waals surface area (Å²) in [7, 11) is 1.61. The molecule has 3 aromatic rings. The summed E-state index contributed by atoms with van der Waals surface area (Å²) in [6.07, 6.45) is 0.438. The maximum Gasteiger partial charge on any atom is 0.235 e. The average Bonchev–Trinajstić information content (AvgIpc) is 3.17. The highest BCUT2D eigenvalue weighted by atomic mass is 16.5. The van der Waals surface area contributed by atoms with Gasteiger partial charge in [0.25, 0.3) is 0 Å². The number of aryl methyl sites for hydroxylation is 2. The fourth-order valence-electron chi connectivity index (χ4n) is 2.74. The highest BCUT2D eigenvalue weighted by Crippen LogP contribution is 2.24. The number of amides is 1. The monoisotopic (exact) mass is 351 g/mol. The molecule has 7 heteroatoms. The third-order valence-electron chi connectivity index (χ3n) is 4.21. The van der Waals surface area contributed by atoms with Gasteiger partial charge in [-0.1, -0.05) is 29.5 Å². The summed E-state index contributed by atoms with van der Waals surface area (Å²) >= 11 is 0. The molecular weight excluding hydrogens is 330 g/mol. The molecular formula is C19H21N5O2. The molecule has 1 aromatic heterocycles. The molecule has 134 valence electrons. The number of H-pyrrole nitrogens is 1. The van der Waals surface area contributed by atoms with Crippen molar-refractivity contribution in [1.29, 1.82) is 0 Å². The lowest BCUT2D eigenvalue weighted by Gasteiger charge is -2.16. The van der Waals surface area contributed by atoms with Gasteiger partial charge in [0.2, 0.25) is 5.91 Å². The van der Waals surface area contributed by atoms with E-state index in [9.17, 15) is 4.79 Å². The Morgan fingerprint density at radius 3 is 2.81 bits per heavy atom. The Morgan fingerprint density at radius 2 is 2.08 bits per heavy atom. The van der Waals surface area contributed by atoms with E-state index in [2.05, 4.69) is 25.9 Å². The largest absolute Gasteiger partial charge is 0.497 e. The van der Waals surface area contributed by atoms with E-state index in [0.29, 0.717) is 12.2 Å². The van der Waals surface area contributed by atoms with Crippen LogP contribution in [0, 0.1) is 13.8 Å². The van der Waals surface area contributed by atoms with Crippen molar-refractivity contribution in [1.82, 2.24) is 20.6 Å². The highest BCUT2D eigenvalue weighted by Gasteiger charge is 2.26. The number of anilines is 1. The summed E-state index contributed by atoms with van der Waals surface area (Å²) in [5.74, 6) is 0.351. The molecule has 0 aliphatic heterocycles. The molecule has 2 N–H and O–H groups in total. The van der Waals surface area contributed by atoms with Crippen LogP contribution in [0.4, 0.5) is 5.69 Å². The van der Waals surface area contributed by atoms with Crippen LogP contribution in [0.2, 0.25) is 0 Å². The van der Waals surface area contributed by atoms with Crippen LogP contribution in [-0.4, -0.2) is 33.6 Å². The maximum absolute atomic E-state index is 13.0. The molecule has 7 nitrogen and oxygen atoms in total. The van der Waals surface area contributed by atoms with E-state index in [1.54, 1.807) is 7.11 Å². The first-order chi connectivity index (χ1) is 12.6. The lowest BCUT2D eigenvalue weighted by molar-refractivity contribution is -0.117. The first kappa shape index (κ1) is 17.6. The lowest BCUT2D eigenvalue weighted by atomic mass is 9.97. The van der Waals surface area contributed by atoms with Gasteiger partial charge in [0.15, 0.2) is 5.82 Å². The van der Waals surface area contributed by atoms with Crippen molar-refractivity contribution >= 4 is 11.6 Å². The second-order valence-corrected chi connectivity index (χ2v) is 6.19. The van der Waals surface area contributed by atoms with Crippen LogP contribution in [0.3, 0.4) is 0 Å². The molecule has 0 saturated carbocycles. The molecule has 0 aliphatic rings. The number of methoxy groups -OCH3 is 1. The van der Waals surface area contributed by atoms with E-state index in [4.69, 9.17) is 4.74 Å². The Bertz CT molecular complexity index is 893. The van der Waals surface area contributed by atoms with Crippen LogP contribution in [0.15, 0.2) is 42.5 Å². The van der Waals surface area contributed by atoms with Crippen molar-refractivity contribution < 1.29 is 9.53 Å². The van der Waals surface area contributed by atoms with E-state index in [1.807, 2.05) is 56.3 Å². The Balaban J connectivity index is 1.86. The van der Waals surface area contributed by atoms with E-state index < -0.39 is 5.92 Å². The summed E-state index contributed by atoms with van der Waals surface area (Å²) in [5.41, 5.74) is 3.82. The Hall–Kier alpha value is -3.22. The number of hydrogen-bond acceptors (Lipinski definition) is 5. The molecule has 0 aliphatic carbocycles. The van der Waals surface area contributed by atoms with Gasteiger partial charge >= 0.3 is 0 Å². The van der Waals surface area contributed by atoms with Gasteiger partial charge in [-0.3, -0.25) is 4.79 Å². The number of tetrazole rings is 1. The number of aromatic amines is 1. The van der Waals surface area contributed by atoms with Gasteiger partial charge in [-0.2, -0.15) is 5.21 Å². The van der Waals surface area contributed by atoms with E-state index in [-0.39, 0.29) is 5.91 Å². The molecule has 1 amide bonds. The minimum atomic E-state index is -0.569. The van der Waals surface area contributed by atoms with E-state index >= 15 is 0 Å². The first-order valence-corrected chi connectivity index (χ1v) is 8.31. The minimum absolute atomic E-state index is 0.178. The zero-order chi connectivity index (χ0) is 18.5. The quantitative estimate of drug-likeness (QED) is 0.712. The predicted molar refractivity (Wildman–Crippen MR) is 98.2 cm³/mol. The van der Waals surface area contributed by atoms with Crippen LogP contribution >= 0.6 is 0 Å². The van der Waals surface area contributed by atoms with Gasteiger partial charge in [-0.05, 0) is 55.2 Å². The minimum Gasteiger partial charge on any atom is -0.497 e. The topological polar surface area (TPSA) is 92.8 Å². The van der Waals surface area contributed by atoms with Crippen LogP contribution in [0.25, 0.3) is 0 Å². The molecule has 26 heavy (non-hydrogen) atoms. The Kier molecular flexibility index (Phi) is 5.26. The Labute approximate surface area is 151 Å². The standard InChI is InChI=1S/C19H21N5O2/c1-12-7-8-13(2)17(9-12)20-19(25)16(18-21-23-24-22-18)11-14-5-4-6-15(10-14)26-3/h4-10,16H,11H2,1-3H3,(H,20,25)(H,21,22,23,24)/t16-/m1/s1. The second kappa shape index (κ2) is 7.77. The molecule has 1 heterocycles. The maximum atomic E-state index is 13.0. The summed E-state index contributed by atoms with van der Waals surface area (Å²) in [4.78, 5) is 13.0. The van der Waals surface area contributed by atoms with Crippen molar-refractivity contribution in [2.24, 2.45) is 0 Å². The number of nitrogens with zero attached hydrogens (tertiary/aromatic N) is 3. The van der Waals surface area contributed by atoms with Gasteiger partial charge in [0.05, 0.1) is 7.11 Å². The van der Waals surface area contributed by atoms with Crippen LogP contribution < -0.4 is 10.1 Å². The number of carbonyl (C=O) groups is 1. The number of carbonyl (C=O) groups excluding carboxylic acids is 1. The molecule has 0 radical (unpaired) electrons. The SMILES string of the molecule is COc1cccc(C[C@@H](C(=O)Nc2cc(C)ccc2C)c2nn[nH]n2)c1. The average molecular weight is 351 g/mol. The van der Waals surface area contributed by atoms with Gasteiger partial charge < -0.3 is 10.1 Å². The third-order valence-corrected chi connectivity index (χ3v) is 4.21. The van der Waals surface area contributed by atoms with Gasteiger partial charge in [0, 0.05) is 5.69 Å². The van der Waals surface area contributed by atoms with Crippen molar-refractivity contribution in [3.63, 3.8) is 0 Å². The molecule has 2 aromatic carbocycles. The van der Waals surface area contributed by atoms with E-state index in [1.165, 1.54) is 0 Å². The molecule has 0 bridgehead atoms. The normalized spacial score (nSPS) is 11.8. The smallest absolute Gasteiger partial charge is 0.235 e. The molecule has 1 atom stereocenters. The van der Waals surface area contributed by atoms with Gasteiger partial charge in [0.1, 0.15) is 11.7 Å². The predicted octanol–water partition coefficient (Wildman–Crippen LogP) is 2.79. The summed E-state index contributed by atoms with van der Waals surface area (Å²) in [6, 6.07) is 13.5. The molecule has 3 rings (SSSR count). The van der Waals surface area contributed by atoms with Crippen LogP contribution in [0.5, 0.6) is 5.75 Å². The number of hydrogen-bond donors (Lipinski definition) is 2. The lowest BCUT2D eigenvalue weighted by Crippen LogP contribution is -2.24.